The van der Waals surface area contributed by atoms with E-state index in [9.17, 15) is 4.79 Å². The zero-order valence-corrected chi connectivity index (χ0v) is 44.9. The first-order valence-electron chi connectivity index (χ1n) is 26.9. The van der Waals surface area contributed by atoms with Crippen LogP contribution in [0.1, 0.15) is 109 Å². The quantitative estimate of drug-likeness (QED) is 0.138. The van der Waals surface area contributed by atoms with E-state index in [1.807, 2.05) is 45.3 Å². The lowest BCUT2D eigenvalue weighted by atomic mass is 10.0. The van der Waals surface area contributed by atoms with Gasteiger partial charge in [-0.2, -0.15) is 9.97 Å². The van der Waals surface area contributed by atoms with Crippen LogP contribution >= 0.6 is 15.9 Å². The van der Waals surface area contributed by atoms with E-state index >= 15 is 0 Å². The van der Waals surface area contributed by atoms with E-state index in [1.54, 1.807) is 35.8 Å². The molecule has 18 nitrogen and oxygen atoms in total. The second-order valence-electron chi connectivity index (χ2n) is 21.1. The number of pyridine rings is 2. The molecule has 1 amide bonds. The Morgan fingerprint density at radius 2 is 1.05 bits per heavy atom. The summed E-state index contributed by atoms with van der Waals surface area (Å²) in [4.78, 5) is 61.1. The lowest BCUT2D eigenvalue weighted by Gasteiger charge is -2.39. The lowest BCUT2D eigenvalue weighted by molar-refractivity contribution is 0.0270. The molecule has 0 aliphatic carbocycles. The smallest absolute Gasteiger partial charge is 0.410 e. The number of rotatable bonds is 7. The van der Waals surface area contributed by atoms with Gasteiger partial charge in [0.1, 0.15) is 5.60 Å². The minimum Gasteiger partial charge on any atom is -0.444 e. The zero-order valence-electron chi connectivity index (χ0n) is 43.3. The van der Waals surface area contributed by atoms with Crippen LogP contribution in [-0.4, -0.2) is 157 Å². The predicted octanol–water partition coefficient (Wildman–Crippen LogP) is 9.70. The number of carbonyl (C=O) groups excluding carboxylic acids is 1. The molecular formula is C55H71BrN14O4. The number of fused-ring (bicyclic) bond motifs is 2. The van der Waals surface area contributed by atoms with E-state index in [0.717, 1.165) is 92.4 Å². The number of ether oxygens (including phenoxy) is 1. The van der Waals surface area contributed by atoms with Crippen molar-refractivity contribution in [2.45, 2.75) is 116 Å². The summed E-state index contributed by atoms with van der Waals surface area (Å²) < 4.78 is 18.5. The van der Waals surface area contributed by atoms with Crippen molar-refractivity contribution >= 4 is 73.6 Å². The third-order valence-corrected chi connectivity index (χ3v) is 15.3. The molecule has 4 fully saturated rings. The topological polar surface area (TPSA) is 175 Å². The molecular weight excluding hydrogens is 1000 g/mol. The fraction of sp³-hybridized carbons (Fsp3) is 0.545. The Bertz CT molecular complexity index is 2830. The average molecular weight is 1070 g/mol. The van der Waals surface area contributed by atoms with Crippen LogP contribution in [0, 0.1) is 0 Å². The van der Waals surface area contributed by atoms with E-state index in [2.05, 4.69) is 93.5 Å². The van der Waals surface area contributed by atoms with E-state index in [0.29, 0.717) is 41.2 Å². The number of anilines is 3. The molecule has 0 bridgehead atoms. The number of oxazole rings is 2. The normalized spacial score (nSPS) is 19.8. The molecule has 12 heterocycles. The Hall–Kier alpha value is -6.05. The Morgan fingerprint density at radius 3 is 1.47 bits per heavy atom. The van der Waals surface area contributed by atoms with Crippen molar-refractivity contribution in [3.05, 3.63) is 89.5 Å². The number of hydrogen-bond donors (Lipinski definition) is 0. The molecule has 4 saturated heterocycles. The van der Waals surface area contributed by atoms with Crippen LogP contribution in [0.3, 0.4) is 0 Å². The molecule has 74 heavy (non-hydrogen) atoms. The first-order chi connectivity index (χ1) is 36.1. The van der Waals surface area contributed by atoms with Gasteiger partial charge in [0.15, 0.2) is 15.9 Å². The number of amides is 1. The molecule has 12 rings (SSSR count). The van der Waals surface area contributed by atoms with E-state index in [-0.39, 0.29) is 6.09 Å². The van der Waals surface area contributed by atoms with Gasteiger partial charge in [-0.25, -0.2) is 34.7 Å². The summed E-state index contributed by atoms with van der Waals surface area (Å²) in [6.45, 7) is 17.5. The molecule has 392 valence electrons. The maximum atomic E-state index is 12.3. The van der Waals surface area contributed by atoms with Crippen molar-refractivity contribution in [1.82, 2.24) is 54.6 Å². The number of nitrogens with zero attached hydrogens (tertiary/aromatic N) is 14. The summed E-state index contributed by atoms with van der Waals surface area (Å²) in [5.74, 6) is 0.783. The summed E-state index contributed by atoms with van der Waals surface area (Å²) in [7, 11) is 0. The fourth-order valence-corrected chi connectivity index (χ4v) is 11.2. The van der Waals surface area contributed by atoms with Crippen LogP contribution in [0.25, 0.3) is 33.6 Å². The Kier molecular flexibility index (Phi) is 16.7. The van der Waals surface area contributed by atoms with Crippen LogP contribution in [0.2, 0.25) is 0 Å². The molecule has 0 unspecified atom stereocenters. The van der Waals surface area contributed by atoms with Crippen LogP contribution in [0.15, 0.2) is 87.2 Å². The summed E-state index contributed by atoms with van der Waals surface area (Å²) in [6.07, 6.45) is 29.3. The molecule has 0 N–H and O–H groups in total. The maximum absolute atomic E-state index is 12.3. The van der Waals surface area contributed by atoms with Gasteiger partial charge in [-0.05, 0) is 174 Å². The zero-order chi connectivity index (χ0) is 50.9. The number of aromatic nitrogens is 8. The maximum Gasteiger partial charge on any atom is 0.410 e. The van der Waals surface area contributed by atoms with Crippen LogP contribution in [0.4, 0.5) is 22.8 Å². The van der Waals surface area contributed by atoms with Crippen LogP contribution in [0.5, 0.6) is 0 Å². The summed E-state index contributed by atoms with van der Waals surface area (Å²) in [6, 6.07) is 10.6. The molecule has 0 aromatic carbocycles. The Balaban J connectivity index is 0.000000149. The number of likely N-dealkylation sites (tertiary alicyclic amines) is 2. The predicted molar refractivity (Wildman–Crippen MR) is 292 cm³/mol. The lowest BCUT2D eigenvalue weighted by Crippen LogP contribution is -2.46. The van der Waals surface area contributed by atoms with Gasteiger partial charge < -0.3 is 43.0 Å². The third kappa shape index (κ3) is 13.2. The van der Waals surface area contributed by atoms with E-state index < -0.39 is 5.60 Å². The van der Waals surface area contributed by atoms with Crippen LogP contribution in [-0.2, 0) is 4.74 Å². The molecule has 0 spiro atoms. The molecule has 0 radical (unpaired) electrons. The van der Waals surface area contributed by atoms with Gasteiger partial charge in [-0.1, -0.05) is 25.0 Å². The second-order valence-corrected chi connectivity index (χ2v) is 21.8. The van der Waals surface area contributed by atoms with Gasteiger partial charge >= 0.3 is 6.09 Å². The van der Waals surface area contributed by atoms with Crippen LogP contribution < -0.4 is 14.7 Å². The summed E-state index contributed by atoms with van der Waals surface area (Å²) in [5, 5.41) is 0. The van der Waals surface area contributed by atoms with Crippen molar-refractivity contribution in [3.63, 3.8) is 0 Å². The average Bonchev–Trinajstić information content (AvgIpc) is 4.09. The van der Waals surface area contributed by atoms with Gasteiger partial charge in [0.25, 0.3) is 12.0 Å². The highest BCUT2D eigenvalue weighted by molar-refractivity contribution is 9.10. The monoisotopic (exact) mass is 1070 g/mol. The number of halogens is 1. The first kappa shape index (κ1) is 51.4. The number of piperidine rings is 4. The summed E-state index contributed by atoms with van der Waals surface area (Å²) >= 11 is 3.09. The van der Waals surface area contributed by atoms with Gasteiger partial charge in [0.2, 0.25) is 17.2 Å². The highest BCUT2D eigenvalue weighted by atomic mass is 79.9. The van der Waals surface area contributed by atoms with Gasteiger partial charge in [-0.15, -0.1) is 0 Å². The minimum absolute atomic E-state index is 0.264. The fourth-order valence-electron chi connectivity index (χ4n) is 10.9. The SMILES string of the molecule is Brc1ncccn1.C1=C(c2cnc3nc(N4CCC(N5CCCCC5)CC4)oc3c2)CCN(c2ncccn2)C1.CC(C)(C)OC(=O)N1CC=C(c2cnc3nc(N4CCC(N5CCCCC5)CC4)oc3c2)CC1. The molecule has 0 atom stereocenters. The van der Waals surface area contributed by atoms with Gasteiger partial charge in [-0.3, -0.25) is 0 Å². The highest BCUT2D eigenvalue weighted by Gasteiger charge is 2.30. The number of hydrogen-bond acceptors (Lipinski definition) is 17. The van der Waals surface area contributed by atoms with Gasteiger partial charge in [0.05, 0.1) is 0 Å². The number of carbonyl (C=O) groups is 1. The van der Waals surface area contributed by atoms with Gasteiger partial charge in [0, 0.05) is 102 Å². The van der Waals surface area contributed by atoms with Crippen molar-refractivity contribution < 1.29 is 18.4 Å². The van der Waals surface area contributed by atoms with Crippen molar-refractivity contribution in [2.24, 2.45) is 0 Å². The minimum atomic E-state index is -0.483. The van der Waals surface area contributed by atoms with Crippen molar-refractivity contribution in [1.29, 1.82) is 0 Å². The standard InChI is InChI=1S/C26H37N5O3.C25H31N7O.C4H3BrN2/c1-26(2,3)34-25(32)31-13-7-19(8-14-31)20-17-22-23(27-18-20)28-24(33-22)30-15-9-21(10-16-30)29-11-5-4-6-12-29;1-2-11-30(12-3-1)21-7-15-32(16-8-21)25-29-23-22(33-25)17-20(18-28-23)19-5-13-31(14-6-19)24-26-9-4-10-27-24;5-4-6-2-1-3-7-4/h7,17-18,21H,4-6,8-16H2,1-3H3;4-5,9-10,17-18,21H,1-3,6-8,11-16H2;1-3H. The molecule has 6 aromatic rings. The molecule has 6 aliphatic heterocycles. The van der Waals surface area contributed by atoms with Crippen molar-refractivity contribution in [3.8, 4) is 0 Å². The Labute approximate surface area is 442 Å². The first-order valence-corrected chi connectivity index (χ1v) is 27.7. The van der Waals surface area contributed by atoms with Crippen molar-refractivity contribution in [2.75, 3.05) is 93.2 Å². The largest absolute Gasteiger partial charge is 0.444 e. The molecule has 6 aromatic heterocycles. The Morgan fingerprint density at radius 1 is 0.581 bits per heavy atom. The third-order valence-electron chi connectivity index (χ3n) is 14.9. The molecule has 0 saturated carbocycles. The summed E-state index contributed by atoms with van der Waals surface area (Å²) in [5.41, 5.74) is 6.97. The molecule has 6 aliphatic rings. The molecule has 19 heteroatoms. The van der Waals surface area contributed by atoms with E-state index in [4.69, 9.17) is 18.6 Å². The highest BCUT2D eigenvalue weighted by Crippen LogP contribution is 2.32. The second kappa shape index (κ2) is 24.1. The van der Waals surface area contributed by atoms with E-state index in [1.165, 1.54) is 102 Å².